The lowest BCUT2D eigenvalue weighted by atomic mass is 9.92. The summed E-state index contributed by atoms with van der Waals surface area (Å²) in [5.41, 5.74) is 5.43. The topological polar surface area (TPSA) is 41.6 Å². The highest BCUT2D eigenvalue weighted by Crippen LogP contribution is 2.37. The van der Waals surface area contributed by atoms with Gasteiger partial charge in [-0.1, -0.05) is 87.8 Å². The molecule has 178 valence electrons. The van der Waals surface area contributed by atoms with Gasteiger partial charge in [-0.05, 0) is 46.7 Å². The van der Waals surface area contributed by atoms with E-state index >= 15 is 0 Å². The van der Waals surface area contributed by atoms with E-state index in [1.54, 1.807) is 0 Å². The molecule has 1 atom stereocenters. The molecule has 4 rings (SSSR count). The minimum atomic E-state index is -0.258. The quantitative estimate of drug-likeness (QED) is 0.386. The second-order valence-electron chi connectivity index (χ2n) is 9.59. The Morgan fingerprint density at radius 1 is 1.00 bits per heavy atom. The van der Waals surface area contributed by atoms with Gasteiger partial charge in [0.15, 0.2) is 0 Å². The summed E-state index contributed by atoms with van der Waals surface area (Å²) in [6.07, 6.45) is 0.0169. The number of hydrogen-bond acceptors (Lipinski definition) is 3. The molecule has 1 N–H and O–H groups in total. The number of anilines is 2. The largest absolute Gasteiger partial charge is 0.486 e. The van der Waals surface area contributed by atoms with Crippen molar-refractivity contribution in [3.63, 3.8) is 0 Å². The molecule has 5 heteroatoms. The Morgan fingerprint density at radius 2 is 1.68 bits per heavy atom. The second kappa shape index (κ2) is 10.5. The van der Waals surface area contributed by atoms with Crippen LogP contribution in [0.3, 0.4) is 0 Å². The molecule has 4 nitrogen and oxygen atoms in total. The van der Waals surface area contributed by atoms with Crippen LogP contribution in [0.2, 0.25) is 5.02 Å². The van der Waals surface area contributed by atoms with E-state index < -0.39 is 0 Å². The fourth-order valence-electron chi connectivity index (χ4n) is 4.55. The highest BCUT2D eigenvalue weighted by atomic mass is 35.5. The zero-order valence-electron chi connectivity index (χ0n) is 20.3. The lowest BCUT2D eigenvalue weighted by molar-refractivity contribution is -0.117. The molecule has 3 aromatic carbocycles. The number of carbonyl (C=O) groups is 1. The first-order valence-corrected chi connectivity index (χ1v) is 12.4. The molecule has 1 aliphatic rings. The predicted molar refractivity (Wildman–Crippen MR) is 141 cm³/mol. The van der Waals surface area contributed by atoms with Crippen LogP contribution in [0.15, 0.2) is 66.7 Å². The fourth-order valence-corrected chi connectivity index (χ4v) is 4.72. The number of nitrogens with one attached hydrogen (secondary N) is 1. The van der Waals surface area contributed by atoms with Gasteiger partial charge in [0.2, 0.25) is 5.91 Å². The van der Waals surface area contributed by atoms with Crippen molar-refractivity contribution in [3.05, 3.63) is 88.4 Å². The molecular formula is C29H33ClN2O2. The van der Waals surface area contributed by atoms with Gasteiger partial charge in [-0.3, -0.25) is 4.79 Å². The van der Waals surface area contributed by atoms with E-state index in [-0.39, 0.29) is 18.4 Å². The molecule has 0 aromatic heterocycles. The Balaban J connectivity index is 1.54. The third kappa shape index (κ3) is 5.56. The summed E-state index contributed by atoms with van der Waals surface area (Å²) in [4.78, 5) is 15.5. The van der Waals surface area contributed by atoms with Gasteiger partial charge < -0.3 is 15.0 Å². The van der Waals surface area contributed by atoms with Gasteiger partial charge in [0.05, 0.1) is 18.7 Å². The van der Waals surface area contributed by atoms with Gasteiger partial charge in [-0.25, -0.2) is 0 Å². The van der Waals surface area contributed by atoms with Gasteiger partial charge in [0.1, 0.15) is 11.9 Å². The van der Waals surface area contributed by atoms with Crippen molar-refractivity contribution in [2.45, 2.75) is 58.6 Å². The van der Waals surface area contributed by atoms with E-state index in [2.05, 4.69) is 68.2 Å². The third-order valence-corrected chi connectivity index (χ3v) is 6.48. The molecule has 0 saturated heterocycles. The first kappa shape index (κ1) is 24.2. The molecule has 0 spiro atoms. The van der Waals surface area contributed by atoms with Crippen molar-refractivity contribution in [1.82, 2.24) is 0 Å². The number of rotatable bonds is 7. The van der Waals surface area contributed by atoms with Crippen LogP contribution in [0.4, 0.5) is 11.4 Å². The van der Waals surface area contributed by atoms with Crippen molar-refractivity contribution >= 4 is 28.9 Å². The van der Waals surface area contributed by atoms with Crippen LogP contribution >= 0.6 is 11.6 Å². The number of benzene rings is 3. The number of para-hydroxylation sites is 1. The predicted octanol–water partition coefficient (Wildman–Crippen LogP) is 7.38. The normalized spacial score (nSPS) is 15.3. The highest BCUT2D eigenvalue weighted by Gasteiger charge is 2.28. The molecule has 1 aliphatic heterocycles. The van der Waals surface area contributed by atoms with Crippen LogP contribution in [-0.4, -0.2) is 18.6 Å². The standard InChI is InChI=1S/C29H33ClN2O2/c1-19(2)24-11-8-12-25(20(3)4)29(24)31-28(33)16-23-18-32(17-21-9-6-5-7-10-21)26-15-22(30)13-14-27(26)34-23/h5-15,19-20,23H,16-18H2,1-4H3,(H,31,33). The molecule has 1 unspecified atom stereocenters. The molecule has 0 bridgehead atoms. The Hall–Kier alpha value is -2.98. The van der Waals surface area contributed by atoms with Crippen molar-refractivity contribution < 1.29 is 9.53 Å². The Kier molecular flexibility index (Phi) is 7.47. The zero-order chi connectivity index (χ0) is 24.2. The van der Waals surface area contributed by atoms with Crippen LogP contribution in [0.1, 0.15) is 62.6 Å². The summed E-state index contributed by atoms with van der Waals surface area (Å²) in [6, 6.07) is 22.3. The Labute approximate surface area is 207 Å². The number of amides is 1. The van der Waals surface area contributed by atoms with E-state index in [4.69, 9.17) is 16.3 Å². The van der Waals surface area contributed by atoms with E-state index in [0.717, 1.165) is 34.8 Å². The maximum Gasteiger partial charge on any atom is 0.228 e. The highest BCUT2D eigenvalue weighted by molar-refractivity contribution is 6.31. The Morgan fingerprint density at radius 3 is 2.32 bits per heavy atom. The molecule has 0 saturated carbocycles. The summed E-state index contributed by atoms with van der Waals surface area (Å²) in [5.74, 6) is 1.36. The summed E-state index contributed by atoms with van der Waals surface area (Å²) in [6.45, 7) is 9.96. The molecule has 3 aromatic rings. The molecule has 0 fully saturated rings. The number of halogens is 1. The van der Waals surface area contributed by atoms with E-state index in [0.29, 0.717) is 23.4 Å². The zero-order valence-corrected chi connectivity index (χ0v) is 21.1. The molecule has 34 heavy (non-hydrogen) atoms. The molecule has 1 heterocycles. The lowest BCUT2D eigenvalue weighted by Gasteiger charge is -2.36. The third-order valence-electron chi connectivity index (χ3n) is 6.25. The summed E-state index contributed by atoms with van der Waals surface area (Å²) in [7, 11) is 0. The van der Waals surface area contributed by atoms with Crippen molar-refractivity contribution in [2.75, 3.05) is 16.8 Å². The number of fused-ring (bicyclic) bond motifs is 1. The monoisotopic (exact) mass is 476 g/mol. The first-order valence-electron chi connectivity index (χ1n) is 12.0. The fraction of sp³-hybridized carbons (Fsp3) is 0.345. The van der Waals surface area contributed by atoms with Gasteiger partial charge in [0, 0.05) is 17.3 Å². The summed E-state index contributed by atoms with van der Waals surface area (Å²) in [5, 5.41) is 3.90. The van der Waals surface area contributed by atoms with Crippen LogP contribution < -0.4 is 15.0 Å². The molecule has 0 radical (unpaired) electrons. The molecule has 1 amide bonds. The van der Waals surface area contributed by atoms with Crippen LogP contribution in [0.25, 0.3) is 0 Å². The molecule has 0 aliphatic carbocycles. The number of hydrogen-bond donors (Lipinski definition) is 1. The Bertz CT molecular complexity index is 1120. The smallest absolute Gasteiger partial charge is 0.228 e. The van der Waals surface area contributed by atoms with Crippen molar-refractivity contribution in [2.24, 2.45) is 0 Å². The minimum absolute atomic E-state index is 0.0305. The maximum absolute atomic E-state index is 13.2. The number of ether oxygens (including phenoxy) is 1. The van der Waals surface area contributed by atoms with Gasteiger partial charge in [0.25, 0.3) is 0 Å². The van der Waals surface area contributed by atoms with Gasteiger partial charge >= 0.3 is 0 Å². The summed E-state index contributed by atoms with van der Waals surface area (Å²) >= 11 is 6.29. The van der Waals surface area contributed by atoms with Crippen LogP contribution in [0.5, 0.6) is 5.75 Å². The van der Waals surface area contributed by atoms with Gasteiger partial charge in [-0.2, -0.15) is 0 Å². The minimum Gasteiger partial charge on any atom is -0.486 e. The number of carbonyl (C=O) groups excluding carboxylic acids is 1. The van der Waals surface area contributed by atoms with Crippen molar-refractivity contribution in [1.29, 1.82) is 0 Å². The van der Waals surface area contributed by atoms with E-state index in [9.17, 15) is 4.79 Å². The SMILES string of the molecule is CC(C)c1cccc(C(C)C)c1NC(=O)CC1CN(Cc2ccccc2)c2cc(Cl)ccc2O1. The van der Waals surface area contributed by atoms with Crippen LogP contribution in [0, 0.1) is 0 Å². The van der Waals surface area contributed by atoms with Gasteiger partial charge in [-0.15, -0.1) is 0 Å². The maximum atomic E-state index is 13.2. The molecular weight excluding hydrogens is 444 g/mol. The average molecular weight is 477 g/mol. The lowest BCUT2D eigenvalue weighted by Crippen LogP contribution is -2.41. The summed E-state index contributed by atoms with van der Waals surface area (Å²) < 4.78 is 6.26. The van der Waals surface area contributed by atoms with E-state index in [1.165, 1.54) is 5.56 Å². The number of nitrogens with zero attached hydrogens (tertiary/aromatic N) is 1. The second-order valence-corrected chi connectivity index (χ2v) is 10.0. The average Bonchev–Trinajstić information content (AvgIpc) is 2.80. The van der Waals surface area contributed by atoms with E-state index in [1.807, 2.05) is 36.4 Å². The van der Waals surface area contributed by atoms with Crippen molar-refractivity contribution in [3.8, 4) is 5.75 Å². The first-order chi connectivity index (χ1) is 16.3. The van der Waals surface area contributed by atoms with Crippen LogP contribution in [-0.2, 0) is 11.3 Å².